The van der Waals surface area contributed by atoms with E-state index in [4.69, 9.17) is 0 Å². The van der Waals surface area contributed by atoms with Gasteiger partial charge in [0.15, 0.2) is 0 Å². The molecule has 3 aromatic carbocycles. The molecule has 0 bridgehead atoms. The summed E-state index contributed by atoms with van der Waals surface area (Å²) in [6, 6.07) is 24.2. The summed E-state index contributed by atoms with van der Waals surface area (Å²) in [6.07, 6.45) is 20.2. The normalized spacial score (nSPS) is 14.8. The average Bonchev–Trinajstić information content (AvgIpc) is 3.50. The van der Waals surface area contributed by atoms with Gasteiger partial charge in [-0.1, -0.05) is 151 Å². The second-order valence-corrected chi connectivity index (χ2v) is 11.5. The third-order valence-corrected chi connectivity index (χ3v) is 8.65. The fourth-order valence-corrected chi connectivity index (χ4v) is 6.14. The minimum atomic E-state index is 0.394. The van der Waals surface area contributed by atoms with Crippen molar-refractivity contribution in [3.63, 3.8) is 0 Å². The Morgan fingerprint density at radius 3 is 2.27 bits per heavy atom. The number of hydrogen-bond acceptors (Lipinski definition) is 0. The van der Waals surface area contributed by atoms with E-state index >= 15 is 0 Å². The molecular formula is C40H47N. The minimum absolute atomic E-state index is 0.394. The molecule has 0 saturated carbocycles. The van der Waals surface area contributed by atoms with E-state index in [1.54, 1.807) is 0 Å². The van der Waals surface area contributed by atoms with Gasteiger partial charge in [0.05, 0.1) is 0 Å². The van der Waals surface area contributed by atoms with Gasteiger partial charge < -0.3 is 4.98 Å². The molecule has 0 aliphatic heterocycles. The number of aromatic amines is 1. The molecule has 4 unspecified atom stereocenters. The van der Waals surface area contributed by atoms with Gasteiger partial charge in [0, 0.05) is 17.8 Å². The molecule has 41 heavy (non-hydrogen) atoms. The Balaban J connectivity index is 1.57. The van der Waals surface area contributed by atoms with E-state index in [1.807, 2.05) is 6.08 Å². The van der Waals surface area contributed by atoms with Crippen LogP contribution >= 0.6 is 0 Å². The molecule has 4 rings (SSSR count). The highest BCUT2D eigenvalue weighted by molar-refractivity contribution is 5.96. The lowest BCUT2D eigenvalue weighted by molar-refractivity contribution is 0.457. The van der Waals surface area contributed by atoms with Gasteiger partial charge in [-0.25, -0.2) is 0 Å². The molecule has 1 heteroatoms. The average molecular weight is 542 g/mol. The van der Waals surface area contributed by atoms with Gasteiger partial charge in [-0.2, -0.15) is 0 Å². The first kappa shape index (κ1) is 30.1. The molecule has 0 aliphatic carbocycles. The maximum absolute atomic E-state index is 4.60. The van der Waals surface area contributed by atoms with Crippen molar-refractivity contribution in [2.24, 2.45) is 17.8 Å². The summed E-state index contributed by atoms with van der Waals surface area (Å²) in [5.74, 6) is 1.92. The summed E-state index contributed by atoms with van der Waals surface area (Å²) in [5.41, 5.74) is 7.36. The van der Waals surface area contributed by atoms with Gasteiger partial charge in [0.1, 0.15) is 0 Å². The predicted octanol–water partition coefficient (Wildman–Crippen LogP) is 11.8. The van der Waals surface area contributed by atoms with Gasteiger partial charge in [0.2, 0.25) is 0 Å². The second kappa shape index (κ2) is 14.7. The van der Waals surface area contributed by atoms with Gasteiger partial charge >= 0.3 is 0 Å². The van der Waals surface area contributed by atoms with Crippen molar-refractivity contribution in [2.45, 2.75) is 59.3 Å². The lowest BCUT2D eigenvalue weighted by Crippen LogP contribution is -2.12. The van der Waals surface area contributed by atoms with Gasteiger partial charge in [0.25, 0.3) is 0 Å². The molecule has 1 nitrogen and oxygen atoms in total. The standard InChI is InChI=1S/C40H47N/c1-7-10-16-32(14-8-2)29(4)21-22-33(15-9-3)30(5)37-18-11-12-19-38(37)31(6)34-23-25-35(26-24-34)39-20-13-17-36-27-41-28-40(36)39/h7,10-13,16-30,32-33,41H,1,6,8-9,14-15H2,2-5H3/b16-10-,22-21-. The molecular weight excluding hydrogens is 494 g/mol. The zero-order valence-corrected chi connectivity index (χ0v) is 25.4. The summed E-state index contributed by atoms with van der Waals surface area (Å²) in [7, 11) is 0. The smallest absolute Gasteiger partial charge is 0.00906 e. The summed E-state index contributed by atoms with van der Waals surface area (Å²) in [6.45, 7) is 17.8. The van der Waals surface area contributed by atoms with Crippen LogP contribution in [0, 0.1) is 17.8 Å². The van der Waals surface area contributed by atoms with Gasteiger partial charge in [-0.15, -0.1) is 0 Å². The minimum Gasteiger partial charge on any atom is -0.366 e. The van der Waals surface area contributed by atoms with Crippen molar-refractivity contribution < 1.29 is 0 Å². The third-order valence-electron chi connectivity index (χ3n) is 8.65. The summed E-state index contributed by atoms with van der Waals surface area (Å²) < 4.78 is 0. The topological polar surface area (TPSA) is 15.8 Å². The van der Waals surface area contributed by atoms with Crippen molar-refractivity contribution in [1.29, 1.82) is 0 Å². The predicted molar refractivity (Wildman–Crippen MR) is 181 cm³/mol. The van der Waals surface area contributed by atoms with Crippen molar-refractivity contribution in [3.8, 4) is 11.1 Å². The zero-order chi connectivity index (χ0) is 29.2. The molecule has 4 atom stereocenters. The van der Waals surface area contributed by atoms with Crippen LogP contribution in [0.3, 0.4) is 0 Å². The van der Waals surface area contributed by atoms with E-state index in [1.165, 1.54) is 64.3 Å². The highest BCUT2D eigenvalue weighted by Crippen LogP contribution is 2.37. The first-order valence-corrected chi connectivity index (χ1v) is 15.4. The van der Waals surface area contributed by atoms with E-state index in [0.717, 1.165) is 5.57 Å². The van der Waals surface area contributed by atoms with Crippen molar-refractivity contribution in [2.75, 3.05) is 0 Å². The number of fused-ring (bicyclic) bond motifs is 1. The zero-order valence-electron chi connectivity index (χ0n) is 25.4. The summed E-state index contributed by atoms with van der Waals surface area (Å²) in [4.78, 5) is 3.24. The van der Waals surface area contributed by atoms with E-state index in [2.05, 4.69) is 149 Å². The molecule has 1 N–H and O–H groups in total. The van der Waals surface area contributed by atoms with E-state index in [9.17, 15) is 0 Å². The van der Waals surface area contributed by atoms with Crippen LogP contribution in [0.15, 0.2) is 123 Å². The number of rotatable bonds is 14. The highest BCUT2D eigenvalue weighted by Gasteiger charge is 2.21. The first-order chi connectivity index (χ1) is 20.0. The first-order valence-electron chi connectivity index (χ1n) is 15.4. The molecule has 0 aliphatic rings. The van der Waals surface area contributed by atoms with Gasteiger partial charge in [-0.3, -0.25) is 0 Å². The van der Waals surface area contributed by atoms with Gasteiger partial charge in [-0.05, 0) is 75.3 Å². The van der Waals surface area contributed by atoms with Crippen LogP contribution in [-0.4, -0.2) is 4.98 Å². The van der Waals surface area contributed by atoms with Crippen molar-refractivity contribution in [3.05, 3.63) is 139 Å². The number of aromatic nitrogens is 1. The maximum atomic E-state index is 4.60. The SMILES string of the molecule is C=C/C=C\C(CCC)C(C)/C=C\C(CCC)C(C)c1ccccc1C(=C)c1ccc(-c2cccc3c[nH]cc23)cc1. The monoisotopic (exact) mass is 541 g/mol. The van der Waals surface area contributed by atoms with E-state index < -0.39 is 0 Å². The lowest BCUT2D eigenvalue weighted by atomic mass is 9.79. The highest BCUT2D eigenvalue weighted by atomic mass is 14.6. The van der Waals surface area contributed by atoms with Crippen LogP contribution in [0.2, 0.25) is 0 Å². The molecule has 4 aromatic rings. The summed E-state index contributed by atoms with van der Waals surface area (Å²) >= 11 is 0. The number of H-pyrrole nitrogens is 1. The van der Waals surface area contributed by atoms with Crippen LogP contribution < -0.4 is 0 Å². The Labute approximate surface area is 248 Å². The molecule has 0 radical (unpaired) electrons. The van der Waals surface area contributed by atoms with E-state index in [-0.39, 0.29) is 0 Å². The maximum Gasteiger partial charge on any atom is 0.00906 e. The Kier molecular flexibility index (Phi) is 10.8. The molecule has 1 heterocycles. The fraction of sp³-hybridized carbons (Fsp3) is 0.300. The largest absolute Gasteiger partial charge is 0.366 e. The van der Waals surface area contributed by atoms with Crippen LogP contribution in [0.1, 0.15) is 76.0 Å². The number of benzene rings is 3. The third kappa shape index (κ3) is 7.27. The molecule has 0 saturated heterocycles. The Morgan fingerprint density at radius 1 is 0.805 bits per heavy atom. The Morgan fingerprint density at radius 2 is 1.54 bits per heavy atom. The van der Waals surface area contributed by atoms with Crippen LogP contribution in [-0.2, 0) is 0 Å². The number of nitrogens with one attached hydrogen (secondary N) is 1. The molecule has 0 amide bonds. The second-order valence-electron chi connectivity index (χ2n) is 11.5. The van der Waals surface area contributed by atoms with Crippen LogP contribution in [0.5, 0.6) is 0 Å². The van der Waals surface area contributed by atoms with Crippen LogP contribution in [0.25, 0.3) is 27.5 Å². The summed E-state index contributed by atoms with van der Waals surface area (Å²) in [5, 5.41) is 2.48. The Bertz CT molecular complexity index is 1480. The van der Waals surface area contributed by atoms with E-state index in [0.29, 0.717) is 23.7 Å². The number of allylic oxidation sites excluding steroid dienone is 5. The molecule has 0 fully saturated rings. The molecule has 212 valence electrons. The Hall–Kier alpha value is -3.84. The quantitative estimate of drug-likeness (QED) is 0.121. The molecule has 1 aromatic heterocycles. The molecule has 0 spiro atoms. The van der Waals surface area contributed by atoms with Crippen molar-refractivity contribution >= 4 is 16.3 Å². The van der Waals surface area contributed by atoms with Crippen LogP contribution in [0.4, 0.5) is 0 Å². The lowest BCUT2D eigenvalue weighted by Gasteiger charge is -2.25. The number of hydrogen-bond donors (Lipinski definition) is 1. The fourth-order valence-electron chi connectivity index (χ4n) is 6.14. The van der Waals surface area contributed by atoms with Crippen molar-refractivity contribution in [1.82, 2.24) is 4.98 Å².